The van der Waals surface area contributed by atoms with Gasteiger partial charge in [0.1, 0.15) is 12.4 Å². The summed E-state index contributed by atoms with van der Waals surface area (Å²) in [5.41, 5.74) is 1.97. The van der Waals surface area contributed by atoms with Crippen molar-refractivity contribution >= 4 is 24.6 Å². The Balaban J connectivity index is 1.48. The highest BCUT2D eigenvalue weighted by Gasteiger charge is 2.51. The molecule has 2 aliphatic rings. The molecule has 1 aromatic carbocycles. The molecule has 194 valence electrons. The number of alkyl carbamates (subject to hydrolysis) is 1. The summed E-state index contributed by atoms with van der Waals surface area (Å²) in [6.07, 6.45) is 1.85. The van der Waals surface area contributed by atoms with Crippen molar-refractivity contribution in [2.75, 3.05) is 33.9 Å². The molecule has 4 rings (SSSR count). The molecular weight excluding hydrogens is 463 g/mol. The first-order valence-electron chi connectivity index (χ1n) is 12.2. The summed E-state index contributed by atoms with van der Waals surface area (Å²) in [7, 11) is 2.49. The van der Waals surface area contributed by atoms with Crippen LogP contribution in [0.15, 0.2) is 30.5 Å². The van der Waals surface area contributed by atoms with Crippen LogP contribution in [0.25, 0.3) is 11.3 Å². The number of hydrogen-bond donors (Lipinski definition) is 2. The molecule has 3 heterocycles. The summed E-state index contributed by atoms with van der Waals surface area (Å²) in [5.74, 6) is 0.675. The van der Waals surface area contributed by atoms with Gasteiger partial charge in [-0.15, -0.1) is 0 Å². The van der Waals surface area contributed by atoms with Crippen LogP contribution in [0, 0.1) is 5.92 Å². The molecular formula is C25H35BN4O6. The lowest BCUT2D eigenvalue weighted by Gasteiger charge is -2.32. The number of nitrogens with zero attached hydrogens (tertiary/aromatic N) is 2. The summed E-state index contributed by atoms with van der Waals surface area (Å²) < 4.78 is 22.2. The lowest BCUT2D eigenvalue weighted by Crippen LogP contribution is -2.41. The molecule has 0 aliphatic carbocycles. The maximum atomic E-state index is 12.9. The van der Waals surface area contributed by atoms with E-state index in [1.54, 1.807) is 18.2 Å². The Morgan fingerprint density at radius 1 is 1.17 bits per heavy atom. The number of likely N-dealkylation sites (tertiary alicyclic amines) is 1. The summed E-state index contributed by atoms with van der Waals surface area (Å²) in [6, 6.07) is 7.76. The van der Waals surface area contributed by atoms with Crippen molar-refractivity contribution < 1.29 is 28.4 Å². The Labute approximate surface area is 212 Å². The van der Waals surface area contributed by atoms with Crippen LogP contribution in [0.3, 0.4) is 0 Å². The van der Waals surface area contributed by atoms with Crippen LogP contribution in [0.1, 0.15) is 46.0 Å². The molecule has 0 saturated carbocycles. The summed E-state index contributed by atoms with van der Waals surface area (Å²) in [4.78, 5) is 34.0. The molecule has 0 spiro atoms. The van der Waals surface area contributed by atoms with Crippen molar-refractivity contribution in [3.63, 3.8) is 0 Å². The number of H-pyrrole nitrogens is 1. The largest absolute Gasteiger partial charge is 0.494 e. The van der Waals surface area contributed by atoms with Crippen LogP contribution in [0.2, 0.25) is 0 Å². The number of benzene rings is 1. The zero-order chi connectivity index (χ0) is 26.1. The van der Waals surface area contributed by atoms with Gasteiger partial charge in [0.15, 0.2) is 0 Å². The molecule has 2 aliphatic heterocycles. The van der Waals surface area contributed by atoms with Crippen molar-refractivity contribution in [3.8, 4) is 11.3 Å². The molecule has 10 nitrogen and oxygen atoms in total. The highest BCUT2D eigenvalue weighted by atomic mass is 16.7. The third-order valence-electron chi connectivity index (χ3n) is 7.34. The quantitative estimate of drug-likeness (QED) is 0.563. The van der Waals surface area contributed by atoms with Gasteiger partial charge in [-0.3, -0.25) is 4.79 Å². The number of amides is 2. The summed E-state index contributed by atoms with van der Waals surface area (Å²) >= 11 is 0. The van der Waals surface area contributed by atoms with Gasteiger partial charge in [-0.05, 0) is 45.1 Å². The first kappa shape index (κ1) is 26.2. The minimum absolute atomic E-state index is 0.142. The minimum atomic E-state index is -0.642. The van der Waals surface area contributed by atoms with Gasteiger partial charge in [0, 0.05) is 19.6 Å². The second-order valence-corrected chi connectivity index (χ2v) is 10.4. The second kappa shape index (κ2) is 10.2. The van der Waals surface area contributed by atoms with E-state index in [9.17, 15) is 9.59 Å². The number of aromatic nitrogens is 2. The van der Waals surface area contributed by atoms with Crippen LogP contribution in [0.4, 0.5) is 4.79 Å². The Kier molecular flexibility index (Phi) is 7.45. The zero-order valence-corrected chi connectivity index (χ0v) is 21.8. The van der Waals surface area contributed by atoms with E-state index in [0.717, 1.165) is 16.7 Å². The van der Waals surface area contributed by atoms with Crippen molar-refractivity contribution in [2.45, 2.75) is 51.4 Å². The molecule has 36 heavy (non-hydrogen) atoms. The van der Waals surface area contributed by atoms with E-state index in [1.807, 2.05) is 52.0 Å². The number of hydrogen-bond acceptors (Lipinski definition) is 7. The SMILES string of the molecule is COC[C@H]1C[C@@H](c2ncc(-c3ccc(B4OC(C)(C)C(C)(C)O4)cc3)[nH]2)N(C(=O)CNC(=O)OC)C1. The molecule has 2 amide bonds. The Hall–Kier alpha value is -2.89. The van der Waals surface area contributed by atoms with E-state index in [1.165, 1.54) is 7.11 Å². The number of nitrogens with one attached hydrogen (secondary N) is 2. The topological polar surface area (TPSA) is 115 Å². The molecule has 2 atom stereocenters. The van der Waals surface area contributed by atoms with E-state index in [2.05, 4.69) is 20.0 Å². The third-order valence-corrected chi connectivity index (χ3v) is 7.34. The highest BCUT2D eigenvalue weighted by molar-refractivity contribution is 6.62. The number of carbonyl (C=O) groups is 2. The fourth-order valence-corrected chi connectivity index (χ4v) is 4.59. The molecule has 2 N–H and O–H groups in total. The standard InChI is InChI=1S/C25H35BN4O6/c1-24(2)25(3,4)36-26(35-24)18-9-7-17(8-10-18)19-12-27-22(29-19)20-11-16(15-33-5)14-30(20)21(31)13-28-23(32)34-6/h7-10,12,16,20H,11,13-15H2,1-6H3,(H,27,29)(H,28,32)/t16-,20-/m0/s1. The van der Waals surface area contributed by atoms with E-state index >= 15 is 0 Å². The molecule has 1 aromatic heterocycles. The Bertz CT molecular complexity index is 1070. The second-order valence-electron chi connectivity index (χ2n) is 10.4. The van der Waals surface area contributed by atoms with E-state index < -0.39 is 24.4 Å². The maximum Gasteiger partial charge on any atom is 0.494 e. The number of carbonyl (C=O) groups excluding carboxylic acids is 2. The van der Waals surface area contributed by atoms with Gasteiger partial charge in [-0.1, -0.05) is 24.3 Å². The predicted octanol–water partition coefficient (Wildman–Crippen LogP) is 2.27. The molecule has 0 unspecified atom stereocenters. The summed E-state index contributed by atoms with van der Waals surface area (Å²) in [5, 5.41) is 2.46. The van der Waals surface area contributed by atoms with Crippen LogP contribution >= 0.6 is 0 Å². The maximum absolute atomic E-state index is 12.9. The number of methoxy groups -OCH3 is 2. The predicted molar refractivity (Wildman–Crippen MR) is 135 cm³/mol. The van der Waals surface area contributed by atoms with Gasteiger partial charge in [-0.2, -0.15) is 0 Å². The average molecular weight is 498 g/mol. The zero-order valence-electron chi connectivity index (χ0n) is 21.8. The number of rotatable bonds is 7. The number of imidazole rings is 1. The van der Waals surface area contributed by atoms with Crippen molar-refractivity contribution in [3.05, 3.63) is 36.3 Å². The smallest absolute Gasteiger partial charge is 0.453 e. The van der Waals surface area contributed by atoms with Gasteiger partial charge in [0.05, 0.1) is 42.9 Å². The number of aromatic amines is 1. The van der Waals surface area contributed by atoms with Crippen LogP contribution in [-0.4, -0.2) is 79.1 Å². The monoisotopic (exact) mass is 498 g/mol. The summed E-state index contributed by atoms with van der Waals surface area (Å²) in [6.45, 7) is 9.06. The van der Waals surface area contributed by atoms with Gasteiger partial charge < -0.3 is 34.0 Å². The molecule has 2 aromatic rings. The lowest BCUT2D eigenvalue weighted by atomic mass is 9.79. The van der Waals surface area contributed by atoms with Crippen molar-refractivity contribution in [1.82, 2.24) is 20.2 Å². The van der Waals surface area contributed by atoms with Gasteiger partial charge >= 0.3 is 13.2 Å². The van der Waals surface area contributed by atoms with Crippen molar-refractivity contribution in [1.29, 1.82) is 0 Å². The highest BCUT2D eigenvalue weighted by Crippen LogP contribution is 2.37. The number of ether oxygens (including phenoxy) is 2. The lowest BCUT2D eigenvalue weighted by molar-refractivity contribution is -0.131. The van der Waals surface area contributed by atoms with Crippen LogP contribution in [-0.2, 0) is 23.6 Å². The molecule has 11 heteroatoms. The van der Waals surface area contributed by atoms with Crippen LogP contribution < -0.4 is 10.8 Å². The fourth-order valence-electron chi connectivity index (χ4n) is 4.59. The van der Waals surface area contributed by atoms with Crippen molar-refractivity contribution in [2.24, 2.45) is 5.92 Å². The van der Waals surface area contributed by atoms with E-state index in [4.69, 9.17) is 14.0 Å². The Morgan fingerprint density at radius 3 is 2.44 bits per heavy atom. The third kappa shape index (κ3) is 5.28. The Morgan fingerprint density at radius 2 is 1.83 bits per heavy atom. The molecule has 2 saturated heterocycles. The van der Waals surface area contributed by atoms with Gasteiger partial charge in [0.25, 0.3) is 0 Å². The first-order valence-corrected chi connectivity index (χ1v) is 12.2. The minimum Gasteiger partial charge on any atom is -0.453 e. The molecule has 0 radical (unpaired) electrons. The van der Waals surface area contributed by atoms with Gasteiger partial charge in [-0.25, -0.2) is 9.78 Å². The fraction of sp³-hybridized carbons (Fsp3) is 0.560. The average Bonchev–Trinajstić information content (AvgIpc) is 3.54. The van der Waals surface area contributed by atoms with E-state index in [0.29, 0.717) is 25.4 Å². The normalized spacial score (nSPS) is 22.6. The van der Waals surface area contributed by atoms with E-state index in [-0.39, 0.29) is 24.4 Å². The molecule has 2 fully saturated rings. The molecule has 0 bridgehead atoms. The first-order chi connectivity index (χ1) is 17.0. The van der Waals surface area contributed by atoms with Crippen LogP contribution in [0.5, 0.6) is 0 Å². The van der Waals surface area contributed by atoms with Gasteiger partial charge in [0.2, 0.25) is 5.91 Å².